The first-order chi connectivity index (χ1) is 13.0. The number of alkyl carbamates (subject to hydrolysis) is 1. The average molecular weight is 522 g/mol. The number of hydrogen-bond acceptors (Lipinski definition) is 5. The molecule has 0 atom stereocenters. The molecule has 1 aromatic rings. The van der Waals surface area contributed by atoms with Gasteiger partial charge in [0.25, 0.3) is 0 Å². The lowest BCUT2D eigenvalue weighted by Crippen LogP contribution is -2.54. The van der Waals surface area contributed by atoms with Crippen LogP contribution >= 0.6 is 24.0 Å². The first-order valence-corrected chi connectivity index (χ1v) is 9.35. The summed E-state index contributed by atoms with van der Waals surface area (Å²) in [5.41, 5.74) is -0.244. The number of amides is 1. The number of nitrogens with one attached hydrogen (secondary N) is 3. The van der Waals surface area contributed by atoms with Crippen LogP contribution < -0.4 is 20.7 Å². The van der Waals surface area contributed by atoms with Gasteiger partial charge in [-0.25, -0.2) is 9.79 Å². The number of rotatable bonds is 7. The molecule has 0 radical (unpaired) electrons. The first kappa shape index (κ1) is 27.1. The Morgan fingerprint density at radius 2 is 1.83 bits per heavy atom. The molecule has 0 unspecified atom stereocenters. The van der Waals surface area contributed by atoms with Crippen LogP contribution in [0.1, 0.15) is 47.1 Å². The zero-order valence-corrected chi connectivity index (χ0v) is 20.7. The van der Waals surface area contributed by atoms with Gasteiger partial charge in [-0.2, -0.15) is 0 Å². The van der Waals surface area contributed by atoms with E-state index in [2.05, 4.69) is 20.9 Å². The van der Waals surface area contributed by atoms with Gasteiger partial charge in [0.1, 0.15) is 5.60 Å². The molecule has 0 aliphatic heterocycles. The van der Waals surface area contributed by atoms with Crippen LogP contribution in [-0.4, -0.2) is 48.5 Å². The molecular formula is C20H35IN4O4. The largest absolute Gasteiger partial charge is 0.504 e. The fraction of sp³-hybridized carbons (Fsp3) is 0.600. The number of aliphatic imine (C=N–C) groups is 1. The summed E-state index contributed by atoms with van der Waals surface area (Å²) < 4.78 is 10.4. The summed E-state index contributed by atoms with van der Waals surface area (Å²) in [6.07, 6.45) is -0.463. The van der Waals surface area contributed by atoms with Crippen LogP contribution in [-0.2, 0) is 11.3 Å². The molecule has 0 spiro atoms. The third-order valence-corrected chi connectivity index (χ3v) is 3.54. The van der Waals surface area contributed by atoms with Crippen molar-refractivity contribution in [3.8, 4) is 11.5 Å². The fourth-order valence-corrected chi connectivity index (χ4v) is 2.27. The summed E-state index contributed by atoms with van der Waals surface area (Å²) in [6, 6.07) is 5.17. The number of nitrogens with zero attached hydrogens (tertiary/aromatic N) is 1. The van der Waals surface area contributed by atoms with E-state index in [0.29, 0.717) is 31.3 Å². The van der Waals surface area contributed by atoms with Crippen LogP contribution in [0.2, 0.25) is 0 Å². The second-order valence-corrected chi connectivity index (χ2v) is 8.07. The molecule has 1 aromatic carbocycles. The summed E-state index contributed by atoms with van der Waals surface area (Å²) in [7, 11) is 1.51. The molecule has 9 heteroatoms. The van der Waals surface area contributed by atoms with Crippen LogP contribution in [0.4, 0.5) is 4.79 Å². The number of benzene rings is 1. The van der Waals surface area contributed by atoms with E-state index in [-0.39, 0.29) is 29.7 Å². The molecule has 4 N–H and O–H groups in total. The van der Waals surface area contributed by atoms with Gasteiger partial charge >= 0.3 is 6.09 Å². The molecule has 1 amide bonds. The lowest BCUT2D eigenvalue weighted by molar-refractivity contribution is 0.0474. The highest BCUT2D eigenvalue weighted by atomic mass is 127. The Kier molecular flexibility index (Phi) is 11.2. The molecule has 0 aliphatic rings. The molecule has 166 valence electrons. The number of ether oxygens (including phenoxy) is 2. The minimum atomic E-state index is -0.548. The highest BCUT2D eigenvalue weighted by Crippen LogP contribution is 2.26. The second kappa shape index (κ2) is 11.9. The molecule has 0 bridgehead atoms. The molecule has 0 fully saturated rings. The van der Waals surface area contributed by atoms with Gasteiger partial charge in [-0.3, -0.25) is 0 Å². The van der Waals surface area contributed by atoms with E-state index in [1.54, 1.807) is 12.1 Å². The predicted octanol–water partition coefficient (Wildman–Crippen LogP) is 3.38. The number of carbonyl (C=O) groups is 1. The number of carbonyl (C=O) groups excluding carboxylic acids is 1. The van der Waals surface area contributed by atoms with Crippen molar-refractivity contribution < 1.29 is 19.4 Å². The molecule has 29 heavy (non-hydrogen) atoms. The van der Waals surface area contributed by atoms with Gasteiger partial charge in [-0.05, 0) is 59.2 Å². The number of guanidine groups is 1. The van der Waals surface area contributed by atoms with Gasteiger partial charge in [-0.15, -0.1) is 24.0 Å². The van der Waals surface area contributed by atoms with Gasteiger partial charge in [0.05, 0.1) is 19.2 Å². The molecule has 0 aromatic heterocycles. The highest BCUT2D eigenvalue weighted by Gasteiger charge is 2.24. The summed E-state index contributed by atoms with van der Waals surface area (Å²) in [4.78, 5) is 16.5. The van der Waals surface area contributed by atoms with Gasteiger partial charge in [-0.1, -0.05) is 6.07 Å². The van der Waals surface area contributed by atoms with Gasteiger partial charge in [0.2, 0.25) is 0 Å². The zero-order chi connectivity index (χ0) is 21.4. The van der Waals surface area contributed by atoms with E-state index >= 15 is 0 Å². The zero-order valence-electron chi connectivity index (χ0n) is 18.4. The molecule has 0 saturated carbocycles. The summed E-state index contributed by atoms with van der Waals surface area (Å²) >= 11 is 0. The Labute approximate surface area is 190 Å². The maximum Gasteiger partial charge on any atom is 0.408 e. The van der Waals surface area contributed by atoms with Crippen molar-refractivity contribution >= 4 is 36.0 Å². The Morgan fingerprint density at radius 3 is 2.34 bits per heavy atom. The van der Waals surface area contributed by atoms with Gasteiger partial charge in [0.15, 0.2) is 17.5 Å². The fourth-order valence-electron chi connectivity index (χ4n) is 2.27. The topological polar surface area (TPSA) is 104 Å². The number of hydrogen-bond donors (Lipinski definition) is 4. The van der Waals surface area contributed by atoms with Crippen molar-refractivity contribution in [1.29, 1.82) is 0 Å². The molecular weight excluding hydrogens is 487 g/mol. The Morgan fingerprint density at radius 1 is 1.17 bits per heavy atom. The third-order valence-electron chi connectivity index (χ3n) is 3.54. The third kappa shape index (κ3) is 11.0. The van der Waals surface area contributed by atoms with Crippen LogP contribution in [0.3, 0.4) is 0 Å². The van der Waals surface area contributed by atoms with Crippen LogP contribution in [0.25, 0.3) is 0 Å². The molecule has 0 saturated heterocycles. The van der Waals surface area contributed by atoms with Crippen molar-refractivity contribution in [3.63, 3.8) is 0 Å². The number of phenolic OH excluding ortho intramolecular Hbond substituents is 1. The number of methoxy groups -OCH3 is 1. The SMILES string of the molecule is CCNC(=NCc1ccc(OC)c(O)c1)NCC(C)(C)NC(=O)OC(C)(C)C.I. The van der Waals surface area contributed by atoms with E-state index in [0.717, 1.165) is 5.56 Å². The molecule has 1 rings (SSSR count). The molecule has 8 nitrogen and oxygen atoms in total. The maximum atomic E-state index is 12.0. The lowest BCUT2D eigenvalue weighted by Gasteiger charge is -2.29. The Bertz CT molecular complexity index is 688. The molecule has 0 aliphatic carbocycles. The predicted molar refractivity (Wildman–Crippen MR) is 126 cm³/mol. The highest BCUT2D eigenvalue weighted by molar-refractivity contribution is 14.0. The van der Waals surface area contributed by atoms with E-state index < -0.39 is 17.2 Å². The number of phenols is 1. The normalized spacial score (nSPS) is 11.9. The average Bonchev–Trinajstić information content (AvgIpc) is 2.55. The smallest absolute Gasteiger partial charge is 0.408 e. The summed E-state index contributed by atoms with van der Waals surface area (Å²) in [5.74, 6) is 1.11. The monoisotopic (exact) mass is 522 g/mol. The molecule has 0 heterocycles. The van der Waals surface area contributed by atoms with Crippen molar-refractivity contribution in [3.05, 3.63) is 23.8 Å². The minimum Gasteiger partial charge on any atom is -0.504 e. The van der Waals surface area contributed by atoms with Crippen LogP contribution in [0.15, 0.2) is 23.2 Å². The standard InChI is InChI=1S/C20H34N4O4.HI/c1-8-21-17(22-12-14-9-10-16(27-7)15(25)11-14)23-13-20(5,6)24-18(26)28-19(2,3)4;/h9-11,25H,8,12-13H2,1-7H3,(H,24,26)(H2,21,22,23);1H. The Balaban J connectivity index is 0.00000784. The van der Waals surface area contributed by atoms with Gasteiger partial charge in [0, 0.05) is 13.1 Å². The van der Waals surface area contributed by atoms with Crippen molar-refractivity contribution in [1.82, 2.24) is 16.0 Å². The quantitative estimate of drug-likeness (QED) is 0.249. The van der Waals surface area contributed by atoms with Crippen LogP contribution in [0.5, 0.6) is 11.5 Å². The number of aromatic hydroxyl groups is 1. The van der Waals surface area contributed by atoms with Gasteiger partial charge < -0.3 is 30.5 Å². The second-order valence-electron chi connectivity index (χ2n) is 8.07. The maximum absolute atomic E-state index is 12.0. The minimum absolute atomic E-state index is 0. The Hall–Kier alpha value is -1.91. The number of halogens is 1. The van der Waals surface area contributed by atoms with E-state index in [1.807, 2.05) is 47.6 Å². The first-order valence-electron chi connectivity index (χ1n) is 9.35. The van der Waals surface area contributed by atoms with E-state index in [4.69, 9.17) is 9.47 Å². The summed E-state index contributed by atoms with van der Waals surface area (Å²) in [6.45, 7) is 12.8. The van der Waals surface area contributed by atoms with Crippen LogP contribution in [0, 0.1) is 0 Å². The van der Waals surface area contributed by atoms with E-state index in [1.165, 1.54) is 7.11 Å². The summed E-state index contributed by atoms with van der Waals surface area (Å²) in [5, 5.41) is 19.1. The lowest BCUT2D eigenvalue weighted by atomic mass is 10.1. The van der Waals surface area contributed by atoms with Crippen molar-refractivity contribution in [2.45, 2.75) is 59.2 Å². The van der Waals surface area contributed by atoms with Crippen molar-refractivity contribution in [2.24, 2.45) is 4.99 Å². The van der Waals surface area contributed by atoms with E-state index in [9.17, 15) is 9.90 Å². The van der Waals surface area contributed by atoms with Crippen molar-refractivity contribution in [2.75, 3.05) is 20.2 Å².